The molecule has 0 spiro atoms. The molecule has 14 nitrogen and oxygen atoms in total. The molecule has 1 heterocycles. The highest BCUT2D eigenvalue weighted by molar-refractivity contribution is 5.85. The van der Waals surface area contributed by atoms with Crippen molar-refractivity contribution in [3.05, 3.63) is 24.3 Å². The molecular formula is C34H48O14. The van der Waals surface area contributed by atoms with Gasteiger partial charge in [0.05, 0.1) is 103 Å². The third-order valence-corrected chi connectivity index (χ3v) is 9.38. The maximum Gasteiger partial charge on any atom is 0.310 e. The Bertz CT molecular complexity index is 957. The molecular weight excluding hydrogens is 632 g/mol. The van der Waals surface area contributed by atoms with Crippen LogP contribution in [0.25, 0.3) is 0 Å². The number of esters is 4. The normalized spacial score (nSPS) is 35.8. The fraction of sp³-hybridized carbons (Fsp3) is 0.765. The summed E-state index contributed by atoms with van der Waals surface area (Å²) in [6, 6.07) is 0. The second-order valence-corrected chi connectivity index (χ2v) is 12.3. The Morgan fingerprint density at radius 1 is 0.312 bits per heavy atom. The van der Waals surface area contributed by atoms with E-state index >= 15 is 0 Å². The van der Waals surface area contributed by atoms with Crippen molar-refractivity contribution in [1.82, 2.24) is 0 Å². The predicted octanol–water partition coefficient (Wildman–Crippen LogP) is 1.15. The van der Waals surface area contributed by atoms with E-state index in [1.54, 1.807) is 0 Å². The number of carbonyl (C=O) groups is 4. The lowest BCUT2D eigenvalue weighted by atomic mass is 9.83. The Labute approximate surface area is 280 Å². The molecule has 14 heteroatoms. The van der Waals surface area contributed by atoms with Crippen LogP contribution < -0.4 is 0 Å². The summed E-state index contributed by atoms with van der Waals surface area (Å²) in [6.45, 7) is 3.65. The molecule has 1 saturated heterocycles. The zero-order chi connectivity index (χ0) is 33.6. The van der Waals surface area contributed by atoms with E-state index in [9.17, 15) is 19.2 Å². The molecule has 2 saturated carbocycles. The first kappa shape index (κ1) is 36.4. The van der Waals surface area contributed by atoms with Gasteiger partial charge in [0.15, 0.2) is 0 Å². The van der Waals surface area contributed by atoms with Gasteiger partial charge in [-0.2, -0.15) is 0 Å². The standard InChI is InChI=1S/C34H48O14/c35-31-27-23-1-2-24(21-23)28(27)32(36)46-18-14-42-10-6-40-8-12-44-16-20-48-34(38)30-26-4-3-25(22-26)29(30)33(37)47-19-15-43-11-7-39-5-9-41-13-17-45-31/h1-4,23-30H,5-22H2/t23-,24+,25+,26-,27-,28+,29+,30-. The minimum atomic E-state index is -0.572. The largest absolute Gasteiger partial charge is 0.463 e. The molecule has 0 unspecified atom stereocenters. The molecule has 4 bridgehead atoms. The van der Waals surface area contributed by atoms with E-state index < -0.39 is 47.5 Å². The molecule has 0 aromatic rings. The van der Waals surface area contributed by atoms with Gasteiger partial charge in [0.2, 0.25) is 0 Å². The number of fused-ring (bicyclic) bond motifs is 10. The maximum absolute atomic E-state index is 12.9. The summed E-state index contributed by atoms with van der Waals surface area (Å²) in [5, 5.41) is 0. The van der Waals surface area contributed by atoms with E-state index in [4.69, 9.17) is 47.4 Å². The number of allylic oxidation sites excluding steroid dienone is 4. The van der Waals surface area contributed by atoms with Gasteiger partial charge in [0.1, 0.15) is 26.4 Å². The van der Waals surface area contributed by atoms with Crippen LogP contribution >= 0.6 is 0 Å². The molecule has 3 fully saturated rings. The molecule has 5 rings (SSSR count). The first-order chi connectivity index (χ1) is 23.5. The van der Waals surface area contributed by atoms with E-state index in [0.717, 1.165) is 12.8 Å². The Morgan fingerprint density at radius 2 is 0.500 bits per heavy atom. The van der Waals surface area contributed by atoms with Gasteiger partial charge in [-0.25, -0.2) is 0 Å². The van der Waals surface area contributed by atoms with Gasteiger partial charge < -0.3 is 47.4 Å². The number of hydrogen-bond donors (Lipinski definition) is 0. The lowest BCUT2D eigenvalue weighted by Gasteiger charge is -2.25. The first-order valence-electron chi connectivity index (χ1n) is 17.0. The van der Waals surface area contributed by atoms with Crippen molar-refractivity contribution in [3.8, 4) is 0 Å². The summed E-state index contributed by atoms with van der Waals surface area (Å²) in [6.07, 6.45) is 9.38. The number of ether oxygens (including phenoxy) is 10. The lowest BCUT2D eigenvalue weighted by Crippen LogP contribution is -2.36. The van der Waals surface area contributed by atoms with E-state index in [1.807, 2.05) is 24.3 Å². The quantitative estimate of drug-likeness (QED) is 0.204. The van der Waals surface area contributed by atoms with Gasteiger partial charge in [-0.05, 0) is 36.5 Å². The molecule has 0 amide bonds. The van der Waals surface area contributed by atoms with Gasteiger partial charge >= 0.3 is 23.9 Å². The molecule has 0 aromatic carbocycles. The van der Waals surface area contributed by atoms with Crippen molar-refractivity contribution >= 4 is 23.9 Å². The van der Waals surface area contributed by atoms with E-state index in [-0.39, 0.29) is 76.5 Å². The monoisotopic (exact) mass is 680 g/mol. The molecule has 0 radical (unpaired) electrons. The second kappa shape index (κ2) is 19.3. The number of carbonyl (C=O) groups excluding carboxylic acids is 4. The molecule has 1 aliphatic heterocycles. The summed E-state index contributed by atoms with van der Waals surface area (Å²) in [7, 11) is 0. The summed E-state index contributed by atoms with van der Waals surface area (Å²) >= 11 is 0. The summed E-state index contributed by atoms with van der Waals surface area (Å²) in [5.74, 6) is -4.12. The Morgan fingerprint density at radius 3 is 0.708 bits per heavy atom. The summed E-state index contributed by atoms with van der Waals surface area (Å²) in [4.78, 5) is 51.6. The van der Waals surface area contributed by atoms with E-state index in [0.29, 0.717) is 52.9 Å². The van der Waals surface area contributed by atoms with Crippen molar-refractivity contribution in [2.24, 2.45) is 47.3 Å². The van der Waals surface area contributed by atoms with Crippen LogP contribution in [0.4, 0.5) is 0 Å². The highest BCUT2D eigenvalue weighted by atomic mass is 16.6. The van der Waals surface area contributed by atoms with Crippen LogP contribution in [0.2, 0.25) is 0 Å². The maximum atomic E-state index is 12.9. The molecule has 48 heavy (non-hydrogen) atoms. The van der Waals surface area contributed by atoms with Crippen molar-refractivity contribution < 1.29 is 66.5 Å². The molecule has 5 aliphatic rings. The van der Waals surface area contributed by atoms with Crippen molar-refractivity contribution in [2.45, 2.75) is 12.8 Å². The van der Waals surface area contributed by atoms with Crippen LogP contribution in [0, 0.1) is 47.3 Å². The van der Waals surface area contributed by atoms with E-state index in [2.05, 4.69) is 0 Å². The zero-order valence-corrected chi connectivity index (χ0v) is 27.4. The number of hydrogen-bond acceptors (Lipinski definition) is 14. The molecule has 268 valence electrons. The summed E-state index contributed by atoms with van der Waals surface area (Å²) < 4.78 is 54.8. The van der Waals surface area contributed by atoms with Crippen molar-refractivity contribution in [3.63, 3.8) is 0 Å². The topological polar surface area (TPSA) is 161 Å². The smallest absolute Gasteiger partial charge is 0.310 e. The van der Waals surface area contributed by atoms with Gasteiger partial charge in [-0.3, -0.25) is 19.2 Å². The van der Waals surface area contributed by atoms with Crippen LogP contribution in [0.1, 0.15) is 12.8 Å². The average molecular weight is 681 g/mol. The Hall–Kier alpha value is -2.88. The Kier molecular flexibility index (Phi) is 14.7. The van der Waals surface area contributed by atoms with Crippen LogP contribution in [-0.4, -0.2) is 130 Å². The molecule has 0 aromatic heterocycles. The average Bonchev–Trinajstić information content (AvgIpc) is 3.90. The summed E-state index contributed by atoms with van der Waals surface area (Å²) in [5.41, 5.74) is 0. The van der Waals surface area contributed by atoms with Crippen LogP contribution in [0.5, 0.6) is 0 Å². The third-order valence-electron chi connectivity index (χ3n) is 9.38. The Balaban J connectivity index is 1.03. The van der Waals surface area contributed by atoms with Gasteiger partial charge in [-0.1, -0.05) is 24.3 Å². The SMILES string of the molecule is O=C1OCCOCCOCCOCCOC(=O)[C@H]2[C@@H](C(=O)OCCOCCOCCOCCOC(=O)[C@H]3[C@@H]1[C@H]1C=C[C@@H]3C1)[C@H]1C=C[C@@H]2C1. The van der Waals surface area contributed by atoms with Gasteiger partial charge in [0, 0.05) is 0 Å². The molecule has 8 atom stereocenters. The predicted molar refractivity (Wildman–Crippen MR) is 164 cm³/mol. The highest BCUT2D eigenvalue weighted by Gasteiger charge is 2.54. The highest BCUT2D eigenvalue weighted by Crippen LogP contribution is 2.50. The second-order valence-electron chi connectivity index (χ2n) is 12.3. The number of rotatable bonds is 0. The fourth-order valence-corrected chi connectivity index (χ4v) is 7.20. The molecule has 4 aliphatic carbocycles. The van der Waals surface area contributed by atoms with Crippen LogP contribution in [0.3, 0.4) is 0 Å². The van der Waals surface area contributed by atoms with Gasteiger partial charge in [-0.15, -0.1) is 0 Å². The fourth-order valence-electron chi connectivity index (χ4n) is 7.20. The van der Waals surface area contributed by atoms with Gasteiger partial charge in [0.25, 0.3) is 0 Å². The molecule has 0 N–H and O–H groups in total. The van der Waals surface area contributed by atoms with Crippen molar-refractivity contribution in [1.29, 1.82) is 0 Å². The number of cyclic esters (lactones) is 4. The lowest BCUT2D eigenvalue weighted by molar-refractivity contribution is -0.163. The van der Waals surface area contributed by atoms with Crippen molar-refractivity contribution in [2.75, 3.05) is 106 Å². The minimum Gasteiger partial charge on any atom is -0.463 e. The van der Waals surface area contributed by atoms with Crippen LogP contribution in [0.15, 0.2) is 24.3 Å². The zero-order valence-electron chi connectivity index (χ0n) is 27.4. The third kappa shape index (κ3) is 10.1. The first-order valence-corrected chi connectivity index (χ1v) is 17.0. The minimum absolute atomic E-state index is 0.0417. The van der Waals surface area contributed by atoms with Crippen LogP contribution in [-0.2, 0) is 66.5 Å². The van der Waals surface area contributed by atoms with E-state index in [1.165, 1.54) is 0 Å².